The van der Waals surface area contributed by atoms with Crippen molar-refractivity contribution in [3.8, 4) is 0 Å². The van der Waals surface area contributed by atoms with Gasteiger partial charge in [-0.25, -0.2) is 13.1 Å². The summed E-state index contributed by atoms with van der Waals surface area (Å²) in [4.78, 5) is 14.8. The van der Waals surface area contributed by atoms with Crippen LogP contribution >= 0.6 is 0 Å². The van der Waals surface area contributed by atoms with E-state index in [1.165, 1.54) is 0 Å². The minimum atomic E-state index is -3.54. The van der Waals surface area contributed by atoms with Crippen LogP contribution in [0.1, 0.15) is 22.3 Å². The second kappa shape index (κ2) is 7.05. The van der Waals surface area contributed by atoms with Crippen LogP contribution in [0, 0.1) is 20.8 Å². The molecule has 1 aromatic heterocycles. The van der Waals surface area contributed by atoms with Gasteiger partial charge >= 0.3 is 0 Å². The Labute approximate surface area is 153 Å². The predicted molar refractivity (Wildman–Crippen MR) is 104 cm³/mol. The van der Waals surface area contributed by atoms with Crippen molar-refractivity contribution in [2.45, 2.75) is 32.1 Å². The molecule has 3 rings (SSSR count). The summed E-state index contributed by atoms with van der Waals surface area (Å²) in [5, 5.41) is 0.942. The molecule has 0 bridgehead atoms. The van der Waals surface area contributed by atoms with Gasteiger partial charge in [-0.05, 0) is 73.5 Å². The molecule has 0 atom stereocenters. The molecular formula is C20H22N2O3S. The smallest absolute Gasteiger partial charge is 0.251 e. The SMILES string of the molecule is Cc1ccc(C)c(S(=O)(=O)NCCc2ccc3[nH]c(=O)c(C)cc3c2)c1. The first-order valence-electron chi connectivity index (χ1n) is 8.46. The van der Waals surface area contributed by atoms with Crippen molar-refractivity contribution in [2.75, 3.05) is 6.54 Å². The molecule has 0 radical (unpaired) electrons. The zero-order chi connectivity index (χ0) is 18.9. The highest BCUT2D eigenvalue weighted by molar-refractivity contribution is 7.89. The normalized spacial score (nSPS) is 11.8. The number of hydrogen-bond donors (Lipinski definition) is 2. The minimum Gasteiger partial charge on any atom is -0.322 e. The molecule has 0 fully saturated rings. The summed E-state index contributed by atoms with van der Waals surface area (Å²) in [5.41, 5.74) is 3.99. The molecule has 0 aliphatic heterocycles. The maximum atomic E-state index is 12.5. The van der Waals surface area contributed by atoms with Crippen LogP contribution in [0.15, 0.2) is 52.2 Å². The van der Waals surface area contributed by atoms with E-state index >= 15 is 0 Å². The van der Waals surface area contributed by atoms with Crippen LogP contribution < -0.4 is 10.3 Å². The highest BCUT2D eigenvalue weighted by Crippen LogP contribution is 2.17. The van der Waals surface area contributed by atoms with Gasteiger partial charge in [0, 0.05) is 17.6 Å². The molecule has 1 heterocycles. The molecule has 0 spiro atoms. The van der Waals surface area contributed by atoms with E-state index in [9.17, 15) is 13.2 Å². The second-order valence-electron chi connectivity index (χ2n) is 6.62. The van der Waals surface area contributed by atoms with E-state index in [-0.39, 0.29) is 5.56 Å². The molecule has 2 aromatic carbocycles. The van der Waals surface area contributed by atoms with Gasteiger partial charge in [-0.3, -0.25) is 4.79 Å². The van der Waals surface area contributed by atoms with E-state index in [0.29, 0.717) is 23.4 Å². The van der Waals surface area contributed by atoms with Crippen molar-refractivity contribution in [3.05, 3.63) is 75.1 Å². The molecule has 2 N–H and O–H groups in total. The lowest BCUT2D eigenvalue weighted by atomic mass is 10.1. The van der Waals surface area contributed by atoms with Crippen LogP contribution in [0.2, 0.25) is 0 Å². The molecule has 136 valence electrons. The van der Waals surface area contributed by atoms with Crippen molar-refractivity contribution in [1.29, 1.82) is 0 Å². The monoisotopic (exact) mass is 370 g/mol. The number of aryl methyl sites for hydroxylation is 3. The predicted octanol–water partition coefficient (Wildman–Crippen LogP) is 2.97. The van der Waals surface area contributed by atoms with Gasteiger partial charge in [0.25, 0.3) is 5.56 Å². The van der Waals surface area contributed by atoms with Crippen molar-refractivity contribution in [1.82, 2.24) is 9.71 Å². The van der Waals surface area contributed by atoms with Crippen LogP contribution in [0.3, 0.4) is 0 Å². The molecule has 0 saturated carbocycles. The van der Waals surface area contributed by atoms with Crippen molar-refractivity contribution >= 4 is 20.9 Å². The van der Waals surface area contributed by atoms with Gasteiger partial charge in [-0.1, -0.05) is 18.2 Å². The topological polar surface area (TPSA) is 79.0 Å². The zero-order valence-electron chi connectivity index (χ0n) is 15.1. The van der Waals surface area contributed by atoms with Crippen molar-refractivity contribution in [3.63, 3.8) is 0 Å². The molecule has 0 aliphatic carbocycles. The van der Waals surface area contributed by atoms with E-state index < -0.39 is 10.0 Å². The van der Waals surface area contributed by atoms with Crippen molar-refractivity contribution < 1.29 is 8.42 Å². The van der Waals surface area contributed by atoms with Gasteiger partial charge < -0.3 is 4.98 Å². The quantitative estimate of drug-likeness (QED) is 0.725. The Kier molecular flexibility index (Phi) is 4.98. The van der Waals surface area contributed by atoms with Gasteiger partial charge in [-0.15, -0.1) is 0 Å². The number of pyridine rings is 1. The molecule has 6 heteroatoms. The van der Waals surface area contributed by atoms with Gasteiger partial charge in [0.05, 0.1) is 4.90 Å². The lowest BCUT2D eigenvalue weighted by molar-refractivity contribution is 0.581. The molecule has 5 nitrogen and oxygen atoms in total. The van der Waals surface area contributed by atoms with Gasteiger partial charge in [0.15, 0.2) is 0 Å². The Morgan fingerprint density at radius 2 is 1.73 bits per heavy atom. The largest absolute Gasteiger partial charge is 0.322 e. The maximum absolute atomic E-state index is 12.5. The summed E-state index contributed by atoms with van der Waals surface area (Å²) in [6, 6.07) is 13.0. The van der Waals surface area contributed by atoms with Crippen LogP contribution in [0.4, 0.5) is 0 Å². The summed E-state index contributed by atoms with van der Waals surface area (Å²) in [5.74, 6) is 0. The zero-order valence-corrected chi connectivity index (χ0v) is 15.9. The van der Waals surface area contributed by atoms with Gasteiger partial charge in [0.1, 0.15) is 0 Å². The number of aromatic amines is 1. The second-order valence-corrected chi connectivity index (χ2v) is 8.36. The Morgan fingerprint density at radius 1 is 0.962 bits per heavy atom. The number of sulfonamides is 1. The van der Waals surface area contributed by atoms with Crippen LogP contribution in [-0.2, 0) is 16.4 Å². The number of fused-ring (bicyclic) bond motifs is 1. The molecule has 0 saturated heterocycles. The first-order valence-corrected chi connectivity index (χ1v) is 9.94. The number of rotatable bonds is 5. The highest BCUT2D eigenvalue weighted by atomic mass is 32.2. The standard InChI is InChI=1S/C20H22N2O3S/c1-13-4-5-14(2)19(10-13)26(24,25)21-9-8-16-6-7-18-17(12-16)11-15(3)20(23)22-18/h4-7,10-12,21H,8-9H2,1-3H3,(H,22,23). The Bertz CT molecular complexity index is 1130. The first kappa shape index (κ1) is 18.4. The van der Waals surface area contributed by atoms with Crippen molar-refractivity contribution in [2.24, 2.45) is 0 Å². The van der Waals surface area contributed by atoms with Gasteiger partial charge in [0.2, 0.25) is 10.0 Å². The number of H-pyrrole nitrogens is 1. The minimum absolute atomic E-state index is 0.0912. The Balaban J connectivity index is 1.75. The van der Waals surface area contributed by atoms with E-state index in [1.807, 2.05) is 43.3 Å². The van der Waals surface area contributed by atoms with E-state index in [0.717, 1.165) is 27.6 Å². The fourth-order valence-corrected chi connectivity index (χ4v) is 4.28. The summed E-state index contributed by atoms with van der Waals surface area (Å²) < 4.78 is 27.8. The number of aromatic nitrogens is 1. The number of hydrogen-bond acceptors (Lipinski definition) is 3. The Morgan fingerprint density at radius 3 is 2.50 bits per heavy atom. The molecule has 0 unspecified atom stereocenters. The average molecular weight is 370 g/mol. The fourth-order valence-electron chi connectivity index (χ4n) is 2.92. The highest BCUT2D eigenvalue weighted by Gasteiger charge is 2.16. The third kappa shape index (κ3) is 3.86. The maximum Gasteiger partial charge on any atom is 0.251 e. The van der Waals surface area contributed by atoms with E-state index in [2.05, 4.69) is 9.71 Å². The summed E-state index contributed by atoms with van der Waals surface area (Å²) in [7, 11) is -3.54. The van der Waals surface area contributed by atoms with Crippen LogP contribution in [0.5, 0.6) is 0 Å². The fraction of sp³-hybridized carbons (Fsp3) is 0.250. The summed E-state index contributed by atoms with van der Waals surface area (Å²) in [6.45, 7) is 5.74. The third-order valence-corrected chi connectivity index (χ3v) is 6.04. The number of benzene rings is 2. The molecule has 0 aliphatic rings. The molecular weight excluding hydrogens is 348 g/mol. The van der Waals surface area contributed by atoms with Crippen LogP contribution in [-0.4, -0.2) is 19.9 Å². The number of nitrogens with one attached hydrogen (secondary N) is 2. The summed E-state index contributed by atoms with van der Waals surface area (Å²) in [6.07, 6.45) is 0.568. The average Bonchev–Trinajstić information content (AvgIpc) is 2.58. The lowest BCUT2D eigenvalue weighted by Crippen LogP contribution is -2.26. The van der Waals surface area contributed by atoms with Gasteiger partial charge in [-0.2, -0.15) is 0 Å². The summed E-state index contributed by atoms with van der Waals surface area (Å²) >= 11 is 0. The van der Waals surface area contributed by atoms with Crippen LogP contribution in [0.25, 0.3) is 10.9 Å². The lowest BCUT2D eigenvalue weighted by Gasteiger charge is -2.10. The molecule has 26 heavy (non-hydrogen) atoms. The third-order valence-electron chi connectivity index (χ3n) is 4.43. The molecule has 0 amide bonds. The molecule has 3 aromatic rings. The van der Waals surface area contributed by atoms with E-state index in [1.54, 1.807) is 19.9 Å². The first-order chi connectivity index (χ1) is 12.3. The van der Waals surface area contributed by atoms with E-state index in [4.69, 9.17) is 0 Å². The Hall–Kier alpha value is -2.44.